The third-order valence-electron chi connectivity index (χ3n) is 1.62. The summed E-state index contributed by atoms with van der Waals surface area (Å²) in [6, 6.07) is 1.56. The fourth-order valence-corrected chi connectivity index (χ4v) is 1.70. The van der Waals surface area contributed by atoms with E-state index in [9.17, 15) is 4.79 Å². The van der Waals surface area contributed by atoms with Crippen molar-refractivity contribution in [3.8, 4) is 10.8 Å². The van der Waals surface area contributed by atoms with Crippen LogP contribution in [0.15, 0.2) is 6.07 Å². The fourth-order valence-electron chi connectivity index (χ4n) is 0.945. The summed E-state index contributed by atoms with van der Waals surface area (Å²) in [5.41, 5.74) is 0. The lowest BCUT2D eigenvalue weighted by Gasteiger charge is -2.03. The quantitative estimate of drug-likeness (QED) is 0.752. The minimum atomic E-state index is -1.02. The van der Waals surface area contributed by atoms with E-state index in [1.807, 2.05) is 0 Å². The number of hydrogen-bond acceptors (Lipinski definition) is 5. The average molecular weight is 232 g/mol. The molecule has 0 aliphatic rings. The highest BCUT2D eigenvalue weighted by molar-refractivity contribution is 7.16. The first-order chi connectivity index (χ1) is 7.19. The predicted octanol–water partition coefficient (Wildman–Crippen LogP) is 1.48. The number of carboxylic acid groups (broad SMARTS) is 1. The molecule has 0 fully saturated rings. The van der Waals surface area contributed by atoms with Crippen molar-refractivity contribution in [2.24, 2.45) is 0 Å². The number of methoxy groups -OCH3 is 2. The third-order valence-corrected chi connectivity index (χ3v) is 2.68. The van der Waals surface area contributed by atoms with Crippen LogP contribution in [-0.2, 0) is 4.74 Å². The molecule has 15 heavy (non-hydrogen) atoms. The van der Waals surface area contributed by atoms with Gasteiger partial charge in [-0.3, -0.25) is 0 Å². The second-order valence-corrected chi connectivity index (χ2v) is 3.62. The molecule has 0 aromatic carbocycles. The molecule has 0 aliphatic carbocycles. The van der Waals surface area contributed by atoms with Crippen molar-refractivity contribution in [1.29, 1.82) is 0 Å². The van der Waals surface area contributed by atoms with E-state index in [-0.39, 0.29) is 4.88 Å². The Kier molecular flexibility index (Phi) is 4.38. The highest BCUT2D eigenvalue weighted by Gasteiger charge is 2.17. The van der Waals surface area contributed by atoms with Crippen LogP contribution in [0.2, 0.25) is 0 Å². The molecule has 1 heterocycles. The monoisotopic (exact) mass is 232 g/mol. The summed E-state index contributed by atoms with van der Waals surface area (Å²) < 4.78 is 15.0. The highest BCUT2D eigenvalue weighted by atomic mass is 32.1. The molecule has 1 aromatic rings. The van der Waals surface area contributed by atoms with Gasteiger partial charge in [-0.25, -0.2) is 4.79 Å². The first kappa shape index (κ1) is 11.8. The van der Waals surface area contributed by atoms with Gasteiger partial charge in [-0.05, 0) is 0 Å². The van der Waals surface area contributed by atoms with Gasteiger partial charge < -0.3 is 19.3 Å². The Hall–Kier alpha value is -1.27. The maximum absolute atomic E-state index is 10.8. The zero-order valence-corrected chi connectivity index (χ0v) is 9.30. The summed E-state index contributed by atoms with van der Waals surface area (Å²) in [4.78, 5) is 11.0. The van der Waals surface area contributed by atoms with Crippen LogP contribution < -0.4 is 9.47 Å². The van der Waals surface area contributed by atoms with Gasteiger partial charge >= 0.3 is 5.97 Å². The second kappa shape index (κ2) is 5.57. The maximum Gasteiger partial charge on any atom is 0.349 e. The van der Waals surface area contributed by atoms with Gasteiger partial charge in [0, 0.05) is 13.2 Å². The highest BCUT2D eigenvalue weighted by Crippen LogP contribution is 2.34. The summed E-state index contributed by atoms with van der Waals surface area (Å²) in [6.07, 6.45) is 0. The molecule has 0 amide bonds. The van der Waals surface area contributed by atoms with Crippen LogP contribution in [0, 0.1) is 0 Å². The van der Waals surface area contributed by atoms with E-state index < -0.39 is 5.97 Å². The van der Waals surface area contributed by atoms with Crippen molar-refractivity contribution < 1.29 is 24.1 Å². The second-order valence-electron chi connectivity index (χ2n) is 2.61. The van der Waals surface area contributed by atoms with Crippen LogP contribution in [0.4, 0.5) is 0 Å². The van der Waals surface area contributed by atoms with Gasteiger partial charge in [0.25, 0.3) is 0 Å². The summed E-state index contributed by atoms with van der Waals surface area (Å²) >= 11 is 1.04. The van der Waals surface area contributed by atoms with E-state index >= 15 is 0 Å². The number of hydrogen-bond donors (Lipinski definition) is 1. The Bertz CT molecular complexity index is 333. The molecule has 0 atom stereocenters. The number of rotatable bonds is 6. The molecule has 5 nitrogen and oxygen atoms in total. The van der Waals surface area contributed by atoms with E-state index in [0.29, 0.717) is 24.0 Å². The van der Waals surface area contributed by atoms with Gasteiger partial charge in [-0.2, -0.15) is 0 Å². The van der Waals surface area contributed by atoms with Crippen LogP contribution in [-0.4, -0.2) is 38.5 Å². The van der Waals surface area contributed by atoms with E-state index in [4.69, 9.17) is 19.3 Å². The van der Waals surface area contributed by atoms with E-state index in [1.165, 1.54) is 7.11 Å². The zero-order chi connectivity index (χ0) is 11.3. The topological polar surface area (TPSA) is 65.0 Å². The summed E-state index contributed by atoms with van der Waals surface area (Å²) in [7, 11) is 3.03. The third kappa shape index (κ3) is 3.10. The molecule has 0 aliphatic heterocycles. The molecule has 0 saturated carbocycles. The predicted molar refractivity (Wildman–Crippen MR) is 55.2 cm³/mol. The first-order valence-corrected chi connectivity index (χ1v) is 5.03. The molecule has 84 valence electrons. The number of thiophene rings is 1. The smallest absolute Gasteiger partial charge is 0.349 e. The van der Waals surface area contributed by atoms with Gasteiger partial charge in [0.2, 0.25) is 0 Å². The summed E-state index contributed by atoms with van der Waals surface area (Å²) in [5.74, 6) is -0.697. The molecule has 0 bridgehead atoms. The van der Waals surface area contributed by atoms with Gasteiger partial charge in [0.05, 0.1) is 13.7 Å². The number of ether oxygens (including phenoxy) is 3. The van der Waals surface area contributed by atoms with E-state index in [2.05, 4.69) is 0 Å². The standard InChI is InChI=1S/C9H12O5S/c1-12-3-4-14-6-5-7(13-2)15-8(6)9(10)11/h5H,3-4H2,1-2H3,(H,10,11). The largest absolute Gasteiger partial charge is 0.489 e. The SMILES string of the molecule is COCCOc1cc(OC)sc1C(=O)O. The molecule has 1 rings (SSSR count). The Balaban J connectivity index is 2.75. The van der Waals surface area contributed by atoms with Crippen LogP contribution in [0.5, 0.6) is 10.8 Å². The van der Waals surface area contributed by atoms with Crippen LogP contribution in [0.1, 0.15) is 9.67 Å². The molecule has 6 heteroatoms. The Labute approximate surface area is 91.2 Å². The molecule has 1 aromatic heterocycles. The fraction of sp³-hybridized carbons (Fsp3) is 0.444. The number of carboxylic acids is 1. The van der Waals surface area contributed by atoms with Crippen molar-refractivity contribution in [3.63, 3.8) is 0 Å². The lowest BCUT2D eigenvalue weighted by atomic mass is 10.4. The Morgan fingerprint density at radius 2 is 2.20 bits per heavy atom. The molecule has 0 saturated heterocycles. The van der Waals surface area contributed by atoms with E-state index in [0.717, 1.165) is 11.3 Å². The van der Waals surface area contributed by atoms with E-state index in [1.54, 1.807) is 13.2 Å². The van der Waals surface area contributed by atoms with Crippen LogP contribution >= 0.6 is 11.3 Å². The molecule has 1 N–H and O–H groups in total. The van der Waals surface area contributed by atoms with Crippen LogP contribution in [0.25, 0.3) is 0 Å². The van der Waals surface area contributed by atoms with Gasteiger partial charge in [-0.1, -0.05) is 11.3 Å². The molecule has 0 unspecified atom stereocenters. The molecule has 0 radical (unpaired) electrons. The van der Waals surface area contributed by atoms with Crippen molar-refractivity contribution in [2.45, 2.75) is 0 Å². The summed E-state index contributed by atoms with van der Waals surface area (Å²) in [6.45, 7) is 0.730. The minimum Gasteiger partial charge on any atom is -0.489 e. The molecular weight excluding hydrogens is 220 g/mol. The van der Waals surface area contributed by atoms with Crippen molar-refractivity contribution in [3.05, 3.63) is 10.9 Å². The van der Waals surface area contributed by atoms with Crippen molar-refractivity contribution in [2.75, 3.05) is 27.4 Å². The Morgan fingerprint density at radius 1 is 1.47 bits per heavy atom. The summed E-state index contributed by atoms with van der Waals surface area (Å²) in [5, 5.41) is 9.39. The first-order valence-electron chi connectivity index (χ1n) is 4.22. The Morgan fingerprint density at radius 3 is 2.73 bits per heavy atom. The number of carbonyl (C=O) groups is 1. The molecule has 0 spiro atoms. The number of aromatic carboxylic acids is 1. The maximum atomic E-state index is 10.8. The lowest BCUT2D eigenvalue weighted by molar-refractivity contribution is 0.0695. The lowest BCUT2D eigenvalue weighted by Crippen LogP contribution is -2.06. The average Bonchev–Trinajstić information content (AvgIpc) is 2.62. The molecular formula is C9H12O5S. The van der Waals surface area contributed by atoms with Gasteiger partial charge in [0.15, 0.2) is 9.94 Å². The zero-order valence-electron chi connectivity index (χ0n) is 8.48. The van der Waals surface area contributed by atoms with Crippen LogP contribution in [0.3, 0.4) is 0 Å². The normalized spacial score (nSPS) is 10.0. The van der Waals surface area contributed by atoms with Gasteiger partial charge in [0.1, 0.15) is 12.4 Å². The minimum absolute atomic E-state index is 0.142. The van der Waals surface area contributed by atoms with Crippen molar-refractivity contribution >= 4 is 17.3 Å². The van der Waals surface area contributed by atoms with Crippen molar-refractivity contribution in [1.82, 2.24) is 0 Å². The van der Waals surface area contributed by atoms with Gasteiger partial charge in [-0.15, -0.1) is 0 Å².